The second kappa shape index (κ2) is 28.5. The van der Waals surface area contributed by atoms with E-state index in [1.165, 1.54) is 77.0 Å². The van der Waals surface area contributed by atoms with Crippen molar-refractivity contribution in [3.05, 3.63) is 0 Å². The minimum atomic E-state index is -4.08. The predicted molar refractivity (Wildman–Crippen MR) is 141 cm³/mol. The van der Waals surface area contributed by atoms with E-state index in [-0.39, 0.29) is 26.4 Å². The first kappa shape index (κ1) is 35.0. The van der Waals surface area contributed by atoms with Crippen molar-refractivity contribution < 1.29 is 37.5 Å². The van der Waals surface area contributed by atoms with Gasteiger partial charge in [0.1, 0.15) is 0 Å². The normalized spacial score (nSPS) is 12.0. The van der Waals surface area contributed by atoms with Crippen LogP contribution in [-0.4, -0.2) is 71.0 Å². The van der Waals surface area contributed by atoms with Gasteiger partial charge in [-0.3, -0.25) is 9.05 Å². The van der Waals surface area contributed by atoms with E-state index in [0.29, 0.717) is 26.4 Å². The van der Waals surface area contributed by atoms with Crippen LogP contribution in [0.1, 0.15) is 104 Å². The molecule has 0 rings (SSSR count). The molecule has 9 heteroatoms. The maximum Gasteiger partial charge on any atom is 0.472 e. The zero-order valence-electron chi connectivity index (χ0n) is 22.7. The Bertz CT molecular complexity index is 417. The summed E-state index contributed by atoms with van der Waals surface area (Å²) in [5, 5.41) is 0. The van der Waals surface area contributed by atoms with Crippen molar-refractivity contribution in [2.24, 2.45) is 0 Å². The van der Waals surface area contributed by atoms with Crippen LogP contribution < -0.4 is 0 Å². The van der Waals surface area contributed by atoms with E-state index in [1.807, 2.05) is 0 Å². The molecule has 0 heterocycles. The molecule has 0 aromatic carbocycles. The van der Waals surface area contributed by atoms with Gasteiger partial charge in [-0.05, 0) is 12.8 Å². The second-order valence-corrected chi connectivity index (χ2v) is 10.3. The molecule has 0 atom stereocenters. The standard InChI is InChI=1S/C26H55O8P/c1-3-5-7-9-11-13-15-17-29-19-21-31-23-25-33-35(27,28)34-26-24-32-22-20-30-18-16-14-12-10-8-6-4-2/h3-26H2,1-2H3,(H,27,28). The minimum Gasteiger partial charge on any atom is -0.379 e. The third kappa shape index (κ3) is 30.1. The fraction of sp³-hybridized carbons (Fsp3) is 1.00. The lowest BCUT2D eigenvalue weighted by molar-refractivity contribution is 0.0193. The lowest BCUT2D eigenvalue weighted by Gasteiger charge is -2.12. The van der Waals surface area contributed by atoms with Gasteiger partial charge in [0.25, 0.3) is 0 Å². The highest BCUT2D eigenvalue weighted by molar-refractivity contribution is 7.47. The molecular formula is C26H55O8P. The lowest BCUT2D eigenvalue weighted by Crippen LogP contribution is -2.11. The average molecular weight is 527 g/mol. The van der Waals surface area contributed by atoms with Crippen LogP contribution >= 0.6 is 7.82 Å². The number of phosphoric acid groups is 1. The summed E-state index contributed by atoms with van der Waals surface area (Å²) in [6.07, 6.45) is 17.7. The van der Waals surface area contributed by atoms with Crippen molar-refractivity contribution in [2.75, 3.05) is 66.1 Å². The van der Waals surface area contributed by atoms with Crippen LogP contribution in [0.25, 0.3) is 0 Å². The lowest BCUT2D eigenvalue weighted by atomic mass is 10.1. The molecule has 212 valence electrons. The van der Waals surface area contributed by atoms with E-state index < -0.39 is 7.82 Å². The quantitative estimate of drug-likeness (QED) is 0.0818. The molecule has 0 aliphatic carbocycles. The number of hydrogen-bond acceptors (Lipinski definition) is 7. The Hall–Kier alpha value is -0.0500. The predicted octanol–water partition coefficient (Wildman–Crippen LogP) is 6.69. The van der Waals surface area contributed by atoms with Gasteiger partial charge in [0.2, 0.25) is 0 Å². The van der Waals surface area contributed by atoms with Gasteiger partial charge >= 0.3 is 7.82 Å². The van der Waals surface area contributed by atoms with Gasteiger partial charge in [0.15, 0.2) is 0 Å². The first-order valence-electron chi connectivity index (χ1n) is 14.0. The Balaban J connectivity index is 3.28. The summed E-state index contributed by atoms with van der Waals surface area (Å²) >= 11 is 0. The molecule has 0 saturated heterocycles. The Morgan fingerprint density at radius 2 is 0.714 bits per heavy atom. The smallest absolute Gasteiger partial charge is 0.379 e. The van der Waals surface area contributed by atoms with E-state index in [9.17, 15) is 9.46 Å². The maximum absolute atomic E-state index is 11.8. The molecule has 0 unspecified atom stereocenters. The molecule has 1 N–H and O–H groups in total. The summed E-state index contributed by atoms with van der Waals surface area (Å²) in [6.45, 7) is 8.25. The van der Waals surface area contributed by atoms with E-state index in [0.717, 1.165) is 26.1 Å². The molecule has 0 radical (unpaired) electrons. The maximum atomic E-state index is 11.8. The molecular weight excluding hydrogens is 471 g/mol. The van der Waals surface area contributed by atoms with Gasteiger partial charge in [-0.2, -0.15) is 0 Å². The van der Waals surface area contributed by atoms with Crippen LogP contribution in [0, 0.1) is 0 Å². The summed E-state index contributed by atoms with van der Waals surface area (Å²) in [7, 11) is -4.08. The largest absolute Gasteiger partial charge is 0.472 e. The molecule has 35 heavy (non-hydrogen) atoms. The molecule has 0 saturated carbocycles. The monoisotopic (exact) mass is 526 g/mol. The van der Waals surface area contributed by atoms with Gasteiger partial charge in [-0.1, -0.05) is 90.9 Å². The van der Waals surface area contributed by atoms with Crippen molar-refractivity contribution in [3.63, 3.8) is 0 Å². The van der Waals surface area contributed by atoms with Crippen LogP contribution in [0.4, 0.5) is 0 Å². The van der Waals surface area contributed by atoms with Gasteiger partial charge in [-0.15, -0.1) is 0 Å². The zero-order chi connectivity index (χ0) is 25.7. The van der Waals surface area contributed by atoms with Gasteiger partial charge < -0.3 is 23.8 Å². The fourth-order valence-electron chi connectivity index (χ4n) is 3.43. The molecule has 0 aromatic heterocycles. The summed E-state index contributed by atoms with van der Waals surface area (Å²) in [5.41, 5.74) is 0. The summed E-state index contributed by atoms with van der Waals surface area (Å²) < 4.78 is 43.3. The Labute approximate surface area is 215 Å². The molecule has 0 spiro atoms. The van der Waals surface area contributed by atoms with Crippen molar-refractivity contribution in [1.29, 1.82) is 0 Å². The summed E-state index contributed by atoms with van der Waals surface area (Å²) in [6, 6.07) is 0. The third-order valence-corrected chi connectivity index (χ3v) is 6.51. The number of ether oxygens (including phenoxy) is 4. The molecule has 0 amide bonds. The average Bonchev–Trinajstić information content (AvgIpc) is 2.84. The molecule has 0 aliphatic heterocycles. The Morgan fingerprint density at radius 3 is 1.09 bits per heavy atom. The molecule has 0 aliphatic rings. The van der Waals surface area contributed by atoms with E-state index in [4.69, 9.17) is 28.0 Å². The number of rotatable bonds is 30. The SMILES string of the molecule is CCCCCCCCCOCCOCCOP(=O)(O)OCCOCCOCCCCCCCCC. The molecule has 0 fully saturated rings. The Morgan fingerprint density at radius 1 is 0.429 bits per heavy atom. The molecule has 0 bridgehead atoms. The first-order valence-corrected chi connectivity index (χ1v) is 15.5. The van der Waals surface area contributed by atoms with Crippen molar-refractivity contribution in [2.45, 2.75) is 104 Å². The second-order valence-electron chi connectivity index (χ2n) is 8.83. The number of unbranched alkanes of at least 4 members (excludes halogenated alkanes) is 12. The first-order chi connectivity index (χ1) is 17.1. The highest BCUT2D eigenvalue weighted by Gasteiger charge is 2.20. The highest BCUT2D eigenvalue weighted by atomic mass is 31.2. The van der Waals surface area contributed by atoms with Crippen LogP contribution in [0.15, 0.2) is 0 Å². The van der Waals surface area contributed by atoms with E-state index in [1.54, 1.807) is 0 Å². The van der Waals surface area contributed by atoms with E-state index in [2.05, 4.69) is 13.8 Å². The van der Waals surface area contributed by atoms with Gasteiger partial charge in [0.05, 0.1) is 52.9 Å². The fourth-order valence-corrected chi connectivity index (χ4v) is 4.11. The third-order valence-electron chi connectivity index (χ3n) is 5.49. The highest BCUT2D eigenvalue weighted by Crippen LogP contribution is 2.42. The molecule has 0 aromatic rings. The van der Waals surface area contributed by atoms with Crippen molar-refractivity contribution in [1.82, 2.24) is 0 Å². The number of hydrogen-bond donors (Lipinski definition) is 1. The zero-order valence-corrected chi connectivity index (χ0v) is 23.6. The van der Waals surface area contributed by atoms with Crippen LogP contribution in [0.5, 0.6) is 0 Å². The van der Waals surface area contributed by atoms with Crippen LogP contribution in [0.3, 0.4) is 0 Å². The summed E-state index contributed by atoms with van der Waals surface area (Å²) in [5.74, 6) is 0. The van der Waals surface area contributed by atoms with Gasteiger partial charge in [0, 0.05) is 13.2 Å². The van der Waals surface area contributed by atoms with Crippen LogP contribution in [0.2, 0.25) is 0 Å². The Kier molecular flexibility index (Phi) is 28.5. The minimum absolute atomic E-state index is 0.0150. The molecule has 8 nitrogen and oxygen atoms in total. The van der Waals surface area contributed by atoms with Crippen molar-refractivity contribution in [3.8, 4) is 0 Å². The topological polar surface area (TPSA) is 92.7 Å². The number of phosphoric ester groups is 1. The van der Waals surface area contributed by atoms with Crippen LogP contribution in [-0.2, 0) is 32.6 Å². The van der Waals surface area contributed by atoms with Gasteiger partial charge in [-0.25, -0.2) is 4.57 Å². The summed E-state index contributed by atoms with van der Waals surface area (Å²) in [4.78, 5) is 9.65. The van der Waals surface area contributed by atoms with Crippen molar-refractivity contribution >= 4 is 7.82 Å². The van der Waals surface area contributed by atoms with E-state index >= 15 is 0 Å².